The number of nitrogens with zero attached hydrogens (tertiary/aromatic N) is 5. The van der Waals surface area contributed by atoms with Crippen LogP contribution in [0.1, 0.15) is 32.6 Å². The molecule has 2 N–H and O–H groups in total. The van der Waals surface area contributed by atoms with E-state index in [0.717, 1.165) is 31.9 Å². The molecule has 0 bridgehead atoms. The molecule has 4 aliphatic heterocycles. The highest BCUT2D eigenvalue weighted by Crippen LogP contribution is 2.45. The number of aromatic hydroxyl groups is 1. The third-order valence-electron chi connectivity index (χ3n) is 10.1. The molecule has 0 aliphatic carbocycles. The predicted molar refractivity (Wildman–Crippen MR) is 159 cm³/mol. The summed E-state index contributed by atoms with van der Waals surface area (Å²) in [4.78, 5) is 17.5. The van der Waals surface area contributed by atoms with Crippen molar-refractivity contribution in [2.24, 2.45) is 0 Å². The Morgan fingerprint density at radius 1 is 1.02 bits per heavy atom. The molecule has 0 saturated carbocycles. The maximum atomic E-state index is 16.8. The van der Waals surface area contributed by atoms with Gasteiger partial charge < -0.3 is 24.8 Å². The zero-order valence-corrected chi connectivity index (χ0v) is 25.2. The summed E-state index contributed by atoms with van der Waals surface area (Å²) >= 11 is 0. The second-order valence-corrected chi connectivity index (χ2v) is 12.7. The van der Waals surface area contributed by atoms with Crippen molar-refractivity contribution in [3.8, 4) is 28.9 Å². The molecule has 6 heterocycles. The molecule has 0 spiro atoms. The number of anilines is 1. The minimum Gasteiger partial charge on any atom is -0.508 e. The van der Waals surface area contributed by atoms with Gasteiger partial charge in [-0.15, -0.1) is 0 Å². The van der Waals surface area contributed by atoms with E-state index in [1.807, 2.05) is 11.8 Å². The number of benzene rings is 2. The van der Waals surface area contributed by atoms with Crippen LogP contribution >= 0.6 is 0 Å². The molecule has 3 saturated heterocycles. The van der Waals surface area contributed by atoms with E-state index < -0.39 is 68.6 Å². The number of piperazine rings is 1. The number of fused-ring (bicyclic) bond motifs is 4. The second kappa shape index (κ2) is 11.0. The predicted octanol–water partition coefficient (Wildman–Crippen LogP) is 5.15. The largest absolute Gasteiger partial charge is 0.508 e. The monoisotopic (exact) mass is 660 g/mol. The van der Waals surface area contributed by atoms with Crippen molar-refractivity contribution in [2.45, 2.75) is 56.4 Å². The van der Waals surface area contributed by atoms with Crippen LogP contribution in [0.2, 0.25) is 0 Å². The molecule has 0 amide bonds. The number of rotatable bonds is 5. The van der Waals surface area contributed by atoms with Crippen LogP contribution < -0.4 is 19.7 Å². The lowest BCUT2D eigenvalue weighted by molar-refractivity contribution is 0.107. The fourth-order valence-corrected chi connectivity index (χ4v) is 7.89. The summed E-state index contributed by atoms with van der Waals surface area (Å²) in [6.07, 6.45) is 1.62. The Morgan fingerprint density at radius 2 is 1.83 bits per heavy atom. The number of phenols is 1. The van der Waals surface area contributed by atoms with Crippen molar-refractivity contribution < 1.29 is 40.9 Å². The molecular weight excluding hydrogens is 630 g/mol. The van der Waals surface area contributed by atoms with Crippen LogP contribution in [0, 0.1) is 29.1 Å². The normalized spacial score (nSPS) is 25.6. The Labute approximate surface area is 264 Å². The molecule has 8 rings (SSSR count). The highest BCUT2D eigenvalue weighted by Gasteiger charge is 2.49. The van der Waals surface area contributed by atoms with E-state index in [9.17, 15) is 22.7 Å². The zero-order chi connectivity index (χ0) is 32.8. The fourth-order valence-electron chi connectivity index (χ4n) is 7.89. The van der Waals surface area contributed by atoms with Gasteiger partial charge in [0.15, 0.2) is 29.1 Å². The van der Waals surface area contributed by atoms with E-state index in [4.69, 9.17) is 14.5 Å². The van der Waals surface area contributed by atoms with Crippen LogP contribution in [0.15, 0.2) is 12.1 Å². The van der Waals surface area contributed by atoms with Gasteiger partial charge in [0.2, 0.25) is 5.88 Å². The van der Waals surface area contributed by atoms with Gasteiger partial charge in [0, 0.05) is 48.4 Å². The number of halogens is 6. The lowest BCUT2D eigenvalue weighted by Gasteiger charge is -2.41. The van der Waals surface area contributed by atoms with Gasteiger partial charge in [0.25, 0.3) is 0 Å². The smallest absolute Gasteiger partial charge is 0.319 e. The van der Waals surface area contributed by atoms with Crippen molar-refractivity contribution in [1.29, 1.82) is 0 Å². The molecule has 9 nitrogen and oxygen atoms in total. The average molecular weight is 661 g/mol. The van der Waals surface area contributed by atoms with Crippen molar-refractivity contribution in [1.82, 2.24) is 25.2 Å². The van der Waals surface area contributed by atoms with Crippen LogP contribution in [-0.2, 0) is 0 Å². The summed E-state index contributed by atoms with van der Waals surface area (Å²) in [6, 6.07) is 1.10. The standard InChI is InChI=1S/C32H30F6N6O3/c1-2-18-19-12-46-30-21-28(26(38)27(40-30)17-9-15(45)8-16-20(17)23(35)25(37)24(36)22(16)34)41-31(42-29(21)44(19)7-5-39-18)47-13-32-4-3-6-43(32)11-14(33)10-32/h8-9,14,18-19,39,45H,2-7,10-13H2,1H3/t14-,18?,19-,32+/m1/s1. The molecule has 1 unspecified atom stereocenters. The first-order valence-corrected chi connectivity index (χ1v) is 15.6. The molecular formula is C32H30F6N6O3. The SMILES string of the molecule is CCC1NCCN2c3nc(OC[C@@]45CCCN4C[C@H](F)C5)nc4c(F)c(-c5cc(O)cc6c(F)c(F)c(F)c(F)c56)nc(c34)OC[C@H]12. The van der Waals surface area contributed by atoms with Crippen LogP contribution in [0.25, 0.3) is 32.9 Å². The number of phenolic OH excluding ortho intramolecular Hbond substituents is 1. The molecule has 15 heteroatoms. The molecule has 3 fully saturated rings. The second-order valence-electron chi connectivity index (χ2n) is 12.7. The zero-order valence-electron chi connectivity index (χ0n) is 25.2. The molecule has 2 aromatic heterocycles. The van der Waals surface area contributed by atoms with Crippen LogP contribution in [0.3, 0.4) is 0 Å². The van der Waals surface area contributed by atoms with E-state index in [1.165, 1.54) is 0 Å². The number of ether oxygens (including phenoxy) is 2. The highest BCUT2D eigenvalue weighted by molar-refractivity contribution is 6.02. The summed E-state index contributed by atoms with van der Waals surface area (Å²) in [6.45, 7) is 4.27. The maximum Gasteiger partial charge on any atom is 0.319 e. The Bertz CT molecular complexity index is 1950. The van der Waals surface area contributed by atoms with Crippen LogP contribution in [0.5, 0.6) is 17.6 Å². The van der Waals surface area contributed by atoms with E-state index in [2.05, 4.69) is 20.2 Å². The first kappa shape index (κ1) is 30.2. The van der Waals surface area contributed by atoms with Crippen LogP contribution in [0.4, 0.5) is 32.2 Å². The van der Waals surface area contributed by atoms with Gasteiger partial charge in [-0.3, -0.25) is 4.90 Å². The Morgan fingerprint density at radius 3 is 2.64 bits per heavy atom. The molecule has 4 atom stereocenters. The van der Waals surface area contributed by atoms with Gasteiger partial charge in [-0.25, -0.2) is 31.3 Å². The molecule has 2 aromatic carbocycles. The quantitative estimate of drug-likeness (QED) is 0.171. The average Bonchev–Trinajstić information content (AvgIpc) is 3.54. The number of hydrogen-bond acceptors (Lipinski definition) is 9. The number of nitrogens with one attached hydrogen (secondary N) is 1. The lowest BCUT2D eigenvalue weighted by atomic mass is 9.95. The number of pyridine rings is 1. The summed E-state index contributed by atoms with van der Waals surface area (Å²) in [5.74, 6) is -9.37. The minimum atomic E-state index is -2.10. The van der Waals surface area contributed by atoms with E-state index in [0.29, 0.717) is 31.5 Å². The first-order chi connectivity index (χ1) is 22.6. The number of hydrogen-bond donors (Lipinski definition) is 2. The summed E-state index contributed by atoms with van der Waals surface area (Å²) in [5, 5.41) is 12.3. The highest BCUT2D eigenvalue weighted by atomic mass is 19.2. The fraction of sp³-hybridized carbons (Fsp3) is 0.469. The van der Waals surface area contributed by atoms with Gasteiger partial charge in [-0.2, -0.15) is 9.97 Å². The van der Waals surface area contributed by atoms with Gasteiger partial charge >= 0.3 is 6.01 Å². The van der Waals surface area contributed by atoms with Crippen molar-refractivity contribution in [3.05, 3.63) is 41.2 Å². The number of alkyl halides is 1. The van der Waals surface area contributed by atoms with Crippen molar-refractivity contribution in [2.75, 3.05) is 44.3 Å². The van der Waals surface area contributed by atoms with Crippen molar-refractivity contribution >= 4 is 27.5 Å². The molecule has 248 valence electrons. The molecule has 4 aliphatic rings. The summed E-state index contributed by atoms with van der Waals surface area (Å²) in [5.41, 5.74) is -2.07. The summed E-state index contributed by atoms with van der Waals surface area (Å²) < 4.78 is 102. The first-order valence-electron chi connectivity index (χ1n) is 15.6. The van der Waals surface area contributed by atoms with Gasteiger partial charge in [0.1, 0.15) is 47.5 Å². The van der Waals surface area contributed by atoms with Gasteiger partial charge in [-0.1, -0.05) is 6.92 Å². The Kier molecular flexibility index (Phi) is 7.06. The number of aromatic nitrogens is 3. The Hall–Kier alpha value is -4.11. The lowest BCUT2D eigenvalue weighted by Crippen LogP contribution is -2.60. The van der Waals surface area contributed by atoms with E-state index >= 15 is 8.78 Å². The van der Waals surface area contributed by atoms with E-state index in [1.54, 1.807) is 0 Å². The summed E-state index contributed by atoms with van der Waals surface area (Å²) in [7, 11) is 0. The maximum absolute atomic E-state index is 16.8. The third-order valence-corrected chi connectivity index (χ3v) is 10.1. The molecule has 47 heavy (non-hydrogen) atoms. The van der Waals surface area contributed by atoms with Gasteiger partial charge in [0.05, 0.1) is 11.6 Å². The third kappa shape index (κ3) is 4.56. The molecule has 4 aromatic rings. The molecule has 0 radical (unpaired) electrons. The Balaban J connectivity index is 1.34. The van der Waals surface area contributed by atoms with Crippen molar-refractivity contribution in [3.63, 3.8) is 0 Å². The van der Waals surface area contributed by atoms with Crippen LogP contribution in [-0.4, -0.2) is 88.1 Å². The topological polar surface area (TPSA) is 95.9 Å². The van der Waals surface area contributed by atoms with E-state index in [-0.39, 0.29) is 54.5 Å². The van der Waals surface area contributed by atoms with Gasteiger partial charge in [-0.05, 0) is 37.9 Å². The minimum absolute atomic E-state index is 0.0346.